The van der Waals surface area contributed by atoms with Crippen molar-refractivity contribution in [3.05, 3.63) is 157 Å². The van der Waals surface area contributed by atoms with Crippen LogP contribution < -0.4 is 0 Å². The average Bonchev–Trinajstić information content (AvgIpc) is 2.99. The first-order chi connectivity index (χ1) is 18.3. The van der Waals surface area contributed by atoms with E-state index in [-0.39, 0.29) is 0 Å². The summed E-state index contributed by atoms with van der Waals surface area (Å²) in [5.74, 6) is 0.746. The molecule has 6 rings (SSSR count). The highest BCUT2D eigenvalue weighted by Crippen LogP contribution is 2.25. The number of nitrogens with zero attached hydrogens (tertiary/aromatic N) is 2. The minimum Gasteiger partial charge on any atom is -0.237 e. The van der Waals surface area contributed by atoms with Gasteiger partial charge in [-0.15, -0.1) is 0 Å². The van der Waals surface area contributed by atoms with Crippen molar-refractivity contribution < 1.29 is 0 Å². The second kappa shape index (κ2) is 11.9. The molecule has 178 valence electrons. The third-order valence-corrected chi connectivity index (χ3v) is 6.14. The van der Waals surface area contributed by atoms with E-state index in [4.69, 9.17) is 16.6 Å². The summed E-state index contributed by atoms with van der Waals surface area (Å²) in [4.78, 5) is 9.13. The number of hydrogen-bond donors (Lipinski definition) is 0. The fraction of sp³-hybridized carbons (Fsp3) is 0. The van der Waals surface area contributed by atoms with Crippen LogP contribution in [0.1, 0.15) is 0 Å². The van der Waals surface area contributed by atoms with Crippen LogP contribution in [-0.2, 0) is 0 Å². The molecule has 0 amide bonds. The molecule has 0 aliphatic rings. The second-order valence-electron chi connectivity index (χ2n) is 8.45. The zero-order valence-corrected chi connectivity index (χ0v) is 21.0. The third kappa shape index (κ3) is 6.38. The van der Waals surface area contributed by atoms with Gasteiger partial charge in [0.2, 0.25) is 0 Å². The molecule has 37 heavy (non-hydrogen) atoms. The molecule has 1 aromatic heterocycles. The van der Waals surface area contributed by atoms with Gasteiger partial charge in [-0.05, 0) is 40.5 Å². The van der Waals surface area contributed by atoms with Crippen molar-refractivity contribution in [2.24, 2.45) is 0 Å². The summed E-state index contributed by atoms with van der Waals surface area (Å²) in [5.41, 5.74) is 7.82. The highest BCUT2D eigenvalue weighted by Gasteiger charge is 2.05. The Labute approximate surface area is 222 Å². The molecule has 0 bridgehead atoms. The molecule has 0 N–H and O–H groups in total. The van der Waals surface area contributed by atoms with E-state index < -0.39 is 0 Å². The molecule has 1 heterocycles. The fourth-order valence-corrected chi connectivity index (χ4v) is 4.20. The van der Waals surface area contributed by atoms with Gasteiger partial charge in [-0.3, -0.25) is 0 Å². The molecule has 0 aliphatic heterocycles. The maximum atomic E-state index is 5.89. The molecule has 0 radical (unpaired) electrons. The maximum absolute atomic E-state index is 5.89. The molecular formula is C34H25ClN2. The van der Waals surface area contributed by atoms with E-state index in [0.717, 1.165) is 33.2 Å². The molecule has 2 nitrogen and oxygen atoms in total. The Bertz CT molecular complexity index is 1550. The lowest BCUT2D eigenvalue weighted by Crippen LogP contribution is -1.91. The molecule has 0 unspecified atom stereocenters. The smallest absolute Gasteiger partial charge is 0.159 e. The molecule has 6 aromatic rings. The van der Waals surface area contributed by atoms with Gasteiger partial charge in [0.25, 0.3) is 0 Å². The van der Waals surface area contributed by atoms with Gasteiger partial charge >= 0.3 is 0 Å². The van der Waals surface area contributed by atoms with E-state index in [9.17, 15) is 0 Å². The van der Waals surface area contributed by atoms with Crippen molar-refractivity contribution in [2.45, 2.75) is 0 Å². The lowest BCUT2D eigenvalue weighted by Gasteiger charge is -2.06. The van der Waals surface area contributed by atoms with E-state index in [1.54, 1.807) is 0 Å². The van der Waals surface area contributed by atoms with Gasteiger partial charge in [0.05, 0.1) is 5.69 Å². The van der Waals surface area contributed by atoms with Crippen LogP contribution in [-0.4, -0.2) is 9.97 Å². The van der Waals surface area contributed by atoms with Crippen LogP contribution in [0.15, 0.2) is 152 Å². The van der Waals surface area contributed by atoms with E-state index in [1.165, 1.54) is 16.7 Å². The molecule has 0 atom stereocenters. The van der Waals surface area contributed by atoms with E-state index in [0.29, 0.717) is 0 Å². The number of aromatic nitrogens is 2. The molecule has 3 heteroatoms. The minimum absolute atomic E-state index is 0.746. The van der Waals surface area contributed by atoms with Crippen LogP contribution in [0.3, 0.4) is 0 Å². The molecular weight excluding hydrogens is 472 g/mol. The third-order valence-electron chi connectivity index (χ3n) is 5.91. The standard InChI is InChI=1S/C22H16N2.C12H9Cl/c1-3-7-17(8-4-1)18-11-13-20(14-12-18)22-23-16-15-21(24-22)19-9-5-2-6-10-19;13-12-8-4-7-11(9-12)10-5-2-1-3-6-10/h1-16H;1-9H. The van der Waals surface area contributed by atoms with E-state index in [2.05, 4.69) is 83.8 Å². The zero-order valence-electron chi connectivity index (χ0n) is 20.2. The quantitative estimate of drug-likeness (QED) is 0.243. The monoisotopic (exact) mass is 496 g/mol. The summed E-state index contributed by atoms with van der Waals surface area (Å²) >= 11 is 5.89. The zero-order chi connectivity index (χ0) is 25.3. The molecule has 5 aromatic carbocycles. The van der Waals surface area contributed by atoms with Crippen LogP contribution in [0.5, 0.6) is 0 Å². The Morgan fingerprint density at radius 2 is 0.892 bits per heavy atom. The number of halogens is 1. The van der Waals surface area contributed by atoms with Gasteiger partial charge in [-0.2, -0.15) is 0 Å². The second-order valence-corrected chi connectivity index (χ2v) is 8.89. The van der Waals surface area contributed by atoms with Crippen LogP contribution in [0, 0.1) is 0 Å². The Hall–Kier alpha value is -4.53. The van der Waals surface area contributed by atoms with Gasteiger partial charge in [0.1, 0.15) is 0 Å². The summed E-state index contributed by atoms with van der Waals surface area (Å²) in [6, 6.07) is 48.9. The summed E-state index contributed by atoms with van der Waals surface area (Å²) in [6.07, 6.45) is 1.82. The Kier molecular flexibility index (Phi) is 7.80. The van der Waals surface area contributed by atoms with Gasteiger partial charge < -0.3 is 0 Å². The van der Waals surface area contributed by atoms with Crippen molar-refractivity contribution in [2.75, 3.05) is 0 Å². The molecule has 0 spiro atoms. The van der Waals surface area contributed by atoms with Gasteiger partial charge in [0.15, 0.2) is 5.82 Å². The number of benzene rings is 5. The van der Waals surface area contributed by atoms with Crippen molar-refractivity contribution >= 4 is 11.6 Å². The van der Waals surface area contributed by atoms with Crippen molar-refractivity contribution in [1.82, 2.24) is 9.97 Å². The summed E-state index contributed by atoms with van der Waals surface area (Å²) in [6.45, 7) is 0. The first kappa shape index (κ1) is 24.2. The largest absolute Gasteiger partial charge is 0.237 e. The van der Waals surface area contributed by atoms with Crippen LogP contribution >= 0.6 is 11.6 Å². The van der Waals surface area contributed by atoms with Crippen molar-refractivity contribution in [3.8, 4) is 44.9 Å². The molecule has 0 saturated carbocycles. The topological polar surface area (TPSA) is 25.8 Å². The average molecular weight is 497 g/mol. The van der Waals surface area contributed by atoms with Crippen LogP contribution in [0.2, 0.25) is 5.02 Å². The molecule has 0 aliphatic carbocycles. The van der Waals surface area contributed by atoms with Gasteiger partial charge in [0, 0.05) is 22.3 Å². The van der Waals surface area contributed by atoms with Gasteiger partial charge in [-0.25, -0.2) is 9.97 Å². The number of rotatable bonds is 4. The maximum Gasteiger partial charge on any atom is 0.159 e. The summed E-state index contributed by atoms with van der Waals surface area (Å²) in [7, 11) is 0. The van der Waals surface area contributed by atoms with Crippen LogP contribution in [0.25, 0.3) is 44.9 Å². The predicted molar refractivity (Wildman–Crippen MR) is 155 cm³/mol. The van der Waals surface area contributed by atoms with Gasteiger partial charge in [-0.1, -0.05) is 139 Å². The summed E-state index contributed by atoms with van der Waals surface area (Å²) < 4.78 is 0. The SMILES string of the molecule is Clc1cccc(-c2ccccc2)c1.c1ccc(-c2ccc(-c3nccc(-c4ccccc4)n3)cc2)cc1. The fourth-order valence-electron chi connectivity index (χ4n) is 4.01. The highest BCUT2D eigenvalue weighted by atomic mass is 35.5. The van der Waals surface area contributed by atoms with E-state index >= 15 is 0 Å². The number of hydrogen-bond acceptors (Lipinski definition) is 2. The first-order valence-electron chi connectivity index (χ1n) is 12.1. The van der Waals surface area contributed by atoms with Crippen LogP contribution in [0.4, 0.5) is 0 Å². The van der Waals surface area contributed by atoms with Crippen molar-refractivity contribution in [1.29, 1.82) is 0 Å². The minimum atomic E-state index is 0.746. The molecule has 0 fully saturated rings. The lowest BCUT2D eigenvalue weighted by atomic mass is 10.0. The van der Waals surface area contributed by atoms with Crippen molar-refractivity contribution in [3.63, 3.8) is 0 Å². The Morgan fingerprint density at radius 1 is 0.405 bits per heavy atom. The summed E-state index contributed by atoms with van der Waals surface area (Å²) in [5, 5.41) is 0.779. The Morgan fingerprint density at radius 3 is 1.49 bits per heavy atom. The van der Waals surface area contributed by atoms with E-state index in [1.807, 2.05) is 72.9 Å². The predicted octanol–water partition coefficient (Wildman–Crippen LogP) is 9.48. The Balaban J connectivity index is 0.000000182. The first-order valence-corrected chi connectivity index (χ1v) is 12.5. The highest BCUT2D eigenvalue weighted by molar-refractivity contribution is 6.30. The lowest BCUT2D eigenvalue weighted by molar-refractivity contribution is 1.18. The molecule has 0 saturated heterocycles. The normalized spacial score (nSPS) is 10.3.